The molecule has 0 aliphatic carbocycles. The first kappa shape index (κ1) is 34.2. The summed E-state index contributed by atoms with van der Waals surface area (Å²) in [6.45, 7) is 11.9. The second-order valence-electron chi connectivity index (χ2n) is 14.7. The fourth-order valence-corrected chi connectivity index (χ4v) is 13.2. The average molecular weight is 694 g/mol. The van der Waals surface area contributed by atoms with Gasteiger partial charge in [-0.05, 0) is 59.8 Å². The molecule has 1 spiro atoms. The molecule has 50 heavy (non-hydrogen) atoms. The minimum atomic E-state index is -2.50. The molecule has 1 N–H and O–H groups in total. The molecule has 4 aliphatic rings. The molecular formula is C40H47N3O6Si. The van der Waals surface area contributed by atoms with Gasteiger partial charge in [0.15, 0.2) is 5.60 Å². The van der Waals surface area contributed by atoms with Gasteiger partial charge in [0.1, 0.15) is 5.75 Å². The van der Waals surface area contributed by atoms with Gasteiger partial charge < -0.3 is 29.3 Å². The Morgan fingerprint density at radius 3 is 2.50 bits per heavy atom. The van der Waals surface area contributed by atoms with Crippen molar-refractivity contribution in [3.63, 3.8) is 0 Å². The first-order chi connectivity index (χ1) is 24.0. The first-order valence-corrected chi connectivity index (χ1v) is 20.8. The molecule has 3 aromatic rings. The molecule has 2 saturated heterocycles. The summed E-state index contributed by atoms with van der Waals surface area (Å²) in [6, 6.07) is 21.7. The zero-order valence-corrected chi connectivity index (χ0v) is 30.4. The fourth-order valence-electron chi connectivity index (χ4n) is 9.23. The van der Waals surface area contributed by atoms with Gasteiger partial charge in [0.2, 0.25) is 11.8 Å². The number of ether oxygens (including phenoxy) is 2. The number of benzene rings is 3. The lowest BCUT2D eigenvalue weighted by Crippen LogP contribution is -2.52. The van der Waals surface area contributed by atoms with E-state index in [0.717, 1.165) is 40.2 Å². The van der Waals surface area contributed by atoms with Crippen LogP contribution >= 0.6 is 0 Å². The van der Waals surface area contributed by atoms with Gasteiger partial charge in [0, 0.05) is 43.2 Å². The van der Waals surface area contributed by atoms with Crippen molar-refractivity contribution < 1.29 is 29.0 Å². The molecule has 10 heteroatoms. The highest BCUT2D eigenvalue weighted by atomic mass is 28.3. The second-order valence-corrected chi connectivity index (χ2v) is 19.4. The van der Waals surface area contributed by atoms with E-state index >= 15 is 0 Å². The van der Waals surface area contributed by atoms with E-state index in [0.29, 0.717) is 32.5 Å². The van der Waals surface area contributed by atoms with Crippen LogP contribution in [0.1, 0.15) is 42.9 Å². The zero-order chi connectivity index (χ0) is 35.4. The van der Waals surface area contributed by atoms with Crippen LogP contribution in [0.2, 0.25) is 18.6 Å². The number of hydrogen-bond acceptors (Lipinski definition) is 6. The molecule has 0 unspecified atom stereocenters. The largest absolute Gasteiger partial charge is 0.497 e. The highest BCUT2D eigenvalue weighted by Crippen LogP contribution is 2.60. The van der Waals surface area contributed by atoms with Gasteiger partial charge in [0.05, 0.1) is 46.0 Å². The van der Waals surface area contributed by atoms with E-state index in [4.69, 9.17) is 9.47 Å². The predicted molar refractivity (Wildman–Crippen MR) is 196 cm³/mol. The van der Waals surface area contributed by atoms with Gasteiger partial charge in [-0.2, -0.15) is 0 Å². The summed E-state index contributed by atoms with van der Waals surface area (Å²) in [5.74, 6) is 0.279. The normalized spacial score (nSPS) is 26.1. The molecule has 262 valence electrons. The molecule has 9 nitrogen and oxygen atoms in total. The van der Waals surface area contributed by atoms with E-state index < -0.39 is 19.8 Å². The van der Waals surface area contributed by atoms with Crippen molar-refractivity contribution >= 4 is 42.4 Å². The maximum atomic E-state index is 14.9. The van der Waals surface area contributed by atoms with E-state index in [1.54, 1.807) is 27.9 Å². The molecule has 3 aromatic carbocycles. The highest BCUT2D eigenvalue weighted by molar-refractivity contribution is 6.91. The van der Waals surface area contributed by atoms with Crippen molar-refractivity contribution in [2.24, 2.45) is 5.92 Å². The maximum Gasteiger partial charge on any atom is 0.264 e. The SMILES string of the molecule is C=CCN1C(=O)[C@]2(O[C@H](CC(=O)N3Cc4ccccc4C[C@H]3CO)[C@@H]([Si](C)(C)c3ccc(OC)cc3)[C@@H]2C)c2cc(N3CCCC3=O)ccc21. The topological polar surface area (TPSA) is 99.6 Å². The summed E-state index contributed by atoms with van der Waals surface area (Å²) in [5.41, 5.74) is 2.99. The molecule has 5 atom stereocenters. The number of aliphatic hydroxyl groups is 1. The van der Waals surface area contributed by atoms with Crippen LogP contribution in [0, 0.1) is 5.92 Å². The van der Waals surface area contributed by atoms with Crippen molar-refractivity contribution in [1.82, 2.24) is 4.90 Å². The van der Waals surface area contributed by atoms with Crippen molar-refractivity contribution in [3.05, 3.63) is 96.1 Å². The molecule has 3 amide bonds. The Balaban J connectivity index is 1.32. The number of anilines is 2. The van der Waals surface area contributed by atoms with Crippen LogP contribution in [0.5, 0.6) is 5.75 Å². The number of hydrogen-bond donors (Lipinski definition) is 1. The van der Waals surface area contributed by atoms with Crippen LogP contribution in [-0.2, 0) is 37.7 Å². The lowest BCUT2D eigenvalue weighted by molar-refractivity contribution is -0.150. The minimum absolute atomic E-state index is 0.0719. The monoisotopic (exact) mass is 693 g/mol. The Morgan fingerprint density at radius 1 is 1.10 bits per heavy atom. The van der Waals surface area contributed by atoms with Gasteiger partial charge >= 0.3 is 0 Å². The van der Waals surface area contributed by atoms with E-state index in [2.05, 4.69) is 44.8 Å². The molecule has 4 heterocycles. The zero-order valence-electron chi connectivity index (χ0n) is 29.4. The summed E-state index contributed by atoms with van der Waals surface area (Å²) in [6.07, 6.45) is 3.10. The molecular weight excluding hydrogens is 647 g/mol. The number of rotatable bonds is 9. The molecule has 0 aromatic heterocycles. The van der Waals surface area contributed by atoms with Crippen LogP contribution in [0.15, 0.2) is 79.4 Å². The standard InChI is InChI=1S/C40H47N3O6Si/c1-6-19-42-34-18-13-29(41-20-9-12-36(41)45)22-33(34)40(39(42)47)26(2)38(50(4,5)32-16-14-31(48-3)15-17-32)35(49-40)23-37(46)43-24-28-11-8-7-10-27(28)21-30(43)25-44/h6-8,10-11,13-18,22,26,30,35,38,44H,1,9,12,19-21,23-25H2,2-5H3/t26-,30-,35+,38-,40+/m0/s1. The van der Waals surface area contributed by atoms with Gasteiger partial charge in [-0.15, -0.1) is 6.58 Å². The van der Waals surface area contributed by atoms with Crippen LogP contribution in [-0.4, -0.2) is 74.8 Å². The highest BCUT2D eigenvalue weighted by Gasteiger charge is 2.66. The second kappa shape index (κ2) is 13.1. The van der Waals surface area contributed by atoms with Crippen molar-refractivity contribution in [2.75, 3.05) is 36.6 Å². The number of aliphatic hydroxyl groups excluding tert-OH is 1. The number of fused-ring (bicyclic) bond motifs is 3. The molecule has 2 fully saturated rings. The van der Waals surface area contributed by atoms with Crippen LogP contribution < -0.4 is 19.7 Å². The van der Waals surface area contributed by atoms with Crippen LogP contribution in [0.25, 0.3) is 0 Å². The van der Waals surface area contributed by atoms with Crippen molar-refractivity contribution in [1.29, 1.82) is 0 Å². The summed E-state index contributed by atoms with van der Waals surface area (Å²) < 4.78 is 12.7. The van der Waals surface area contributed by atoms with E-state index in [1.807, 2.05) is 48.5 Å². The van der Waals surface area contributed by atoms with Crippen molar-refractivity contribution in [3.8, 4) is 5.75 Å². The van der Waals surface area contributed by atoms with Gasteiger partial charge in [-0.3, -0.25) is 14.4 Å². The number of methoxy groups -OCH3 is 1. The Morgan fingerprint density at radius 2 is 1.84 bits per heavy atom. The molecule has 0 saturated carbocycles. The summed E-state index contributed by atoms with van der Waals surface area (Å²) >= 11 is 0. The molecule has 7 rings (SSSR count). The quantitative estimate of drug-likeness (QED) is 0.253. The molecule has 4 aliphatic heterocycles. The number of carbonyl (C=O) groups is 3. The lowest BCUT2D eigenvalue weighted by atomic mass is 9.82. The Kier molecular flexibility index (Phi) is 8.99. The summed E-state index contributed by atoms with van der Waals surface area (Å²) in [7, 11) is -0.849. The number of carbonyl (C=O) groups excluding carboxylic acids is 3. The van der Waals surface area contributed by atoms with Crippen molar-refractivity contribution in [2.45, 2.75) is 75.5 Å². The number of nitrogens with zero attached hydrogens (tertiary/aromatic N) is 3. The van der Waals surface area contributed by atoms with E-state index in [1.165, 1.54) is 5.19 Å². The maximum absolute atomic E-state index is 14.9. The molecule has 0 bridgehead atoms. The van der Waals surface area contributed by atoms with Crippen LogP contribution in [0.3, 0.4) is 0 Å². The van der Waals surface area contributed by atoms with Gasteiger partial charge in [-0.1, -0.05) is 67.7 Å². The average Bonchev–Trinajstić information content (AvgIpc) is 3.76. The first-order valence-electron chi connectivity index (χ1n) is 17.7. The lowest BCUT2D eigenvalue weighted by Gasteiger charge is -2.39. The summed E-state index contributed by atoms with van der Waals surface area (Å²) in [5, 5.41) is 11.6. The Bertz CT molecular complexity index is 1830. The Labute approximate surface area is 295 Å². The summed E-state index contributed by atoms with van der Waals surface area (Å²) in [4.78, 5) is 47.6. The third kappa shape index (κ3) is 5.39. The number of amides is 3. The van der Waals surface area contributed by atoms with Gasteiger partial charge in [0.25, 0.3) is 5.91 Å². The third-order valence-electron chi connectivity index (χ3n) is 11.8. The smallest absolute Gasteiger partial charge is 0.264 e. The predicted octanol–water partition coefficient (Wildman–Crippen LogP) is 4.91. The Hall–Kier alpha value is -4.25. The van der Waals surface area contributed by atoms with E-state index in [9.17, 15) is 19.5 Å². The van der Waals surface area contributed by atoms with Gasteiger partial charge in [-0.25, -0.2) is 0 Å². The fraction of sp³-hybridized carbons (Fsp3) is 0.425. The molecule has 0 radical (unpaired) electrons. The minimum Gasteiger partial charge on any atom is -0.497 e. The van der Waals surface area contributed by atoms with Crippen LogP contribution in [0.4, 0.5) is 11.4 Å². The van der Waals surface area contributed by atoms with E-state index in [-0.39, 0.29) is 48.3 Å². The third-order valence-corrected chi connectivity index (χ3v) is 16.1.